The molecule has 7 nitrogen and oxygen atoms in total. The van der Waals surface area contributed by atoms with Crippen molar-refractivity contribution in [1.29, 1.82) is 0 Å². The van der Waals surface area contributed by atoms with Crippen molar-refractivity contribution < 1.29 is 22.7 Å². The summed E-state index contributed by atoms with van der Waals surface area (Å²) in [5.74, 6) is 0.874. The van der Waals surface area contributed by atoms with Crippen LogP contribution in [-0.2, 0) is 10.0 Å². The van der Waals surface area contributed by atoms with E-state index in [4.69, 9.17) is 21.1 Å². The van der Waals surface area contributed by atoms with Crippen LogP contribution in [0.15, 0.2) is 41.3 Å². The van der Waals surface area contributed by atoms with E-state index in [1.807, 2.05) is 25.1 Å². The molecule has 0 aromatic heterocycles. The largest absolute Gasteiger partial charge is 0.486 e. The minimum absolute atomic E-state index is 0.0399. The molecule has 0 aliphatic carbocycles. The summed E-state index contributed by atoms with van der Waals surface area (Å²) in [6.45, 7) is 7.14. The number of halogens is 1. The summed E-state index contributed by atoms with van der Waals surface area (Å²) in [5, 5.41) is 3.14. The standard InChI is InChI=1S/C22H27ClN2O5S/c1-4-19(15-7-10-20-21(13-15)30-12-11-29-20)24-22(26)17-14-16(8-9-18(17)23)31(27,28)25(5-2)6-3/h7-10,13-14,19H,4-6,11-12H2,1-3H3,(H,24,26). The van der Waals surface area contributed by atoms with Gasteiger partial charge in [-0.05, 0) is 42.3 Å². The Kier molecular flexibility index (Phi) is 7.46. The van der Waals surface area contributed by atoms with Gasteiger partial charge in [0.1, 0.15) is 13.2 Å². The quantitative estimate of drug-likeness (QED) is 0.635. The maximum atomic E-state index is 13.0. The second-order valence-corrected chi connectivity index (χ2v) is 9.41. The van der Waals surface area contributed by atoms with Crippen LogP contribution in [0.1, 0.15) is 49.2 Å². The summed E-state index contributed by atoms with van der Waals surface area (Å²) < 4.78 is 38.2. The van der Waals surface area contributed by atoms with E-state index in [2.05, 4.69) is 5.32 Å². The molecule has 1 atom stereocenters. The summed E-state index contributed by atoms with van der Waals surface area (Å²) in [4.78, 5) is 13.1. The number of fused-ring (bicyclic) bond motifs is 1. The molecule has 1 amide bonds. The average molecular weight is 467 g/mol. The lowest BCUT2D eigenvalue weighted by atomic mass is 10.0. The number of nitrogens with zero attached hydrogens (tertiary/aromatic N) is 1. The number of hydrogen-bond donors (Lipinski definition) is 1. The molecule has 31 heavy (non-hydrogen) atoms. The first-order chi connectivity index (χ1) is 14.8. The van der Waals surface area contributed by atoms with Crippen LogP contribution in [0.4, 0.5) is 0 Å². The minimum Gasteiger partial charge on any atom is -0.486 e. The van der Waals surface area contributed by atoms with Crippen LogP contribution in [0.5, 0.6) is 11.5 Å². The molecular formula is C22H27ClN2O5S. The molecular weight excluding hydrogens is 440 g/mol. The number of hydrogen-bond acceptors (Lipinski definition) is 5. The molecule has 0 bridgehead atoms. The molecule has 0 saturated heterocycles. The molecule has 168 valence electrons. The molecule has 9 heteroatoms. The summed E-state index contributed by atoms with van der Waals surface area (Å²) in [5.41, 5.74) is 0.981. The molecule has 0 radical (unpaired) electrons. The Morgan fingerprint density at radius 3 is 2.39 bits per heavy atom. The molecule has 1 N–H and O–H groups in total. The highest BCUT2D eigenvalue weighted by Gasteiger charge is 2.25. The fourth-order valence-electron chi connectivity index (χ4n) is 3.49. The van der Waals surface area contributed by atoms with Gasteiger partial charge in [-0.1, -0.05) is 38.4 Å². The molecule has 1 aliphatic rings. The van der Waals surface area contributed by atoms with Crippen molar-refractivity contribution in [2.75, 3.05) is 26.3 Å². The molecule has 0 saturated carbocycles. The van der Waals surface area contributed by atoms with Gasteiger partial charge in [-0.3, -0.25) is 4.79 Å². The predicted molar refractivity (Wildman–Crippen MR) is 119 cm³/mol. The zero-order valence-electron chi connectivity index (χ0n) is 17.9. The fourth-order valence-corrected chi connectivity index (χ4v) is 5.17. The van der Waals surface area contributed by atoms with Crippen LogP contribution in [0, 0.1) is 0 Å². The van der Waals surface area contributed by atoms with Crippen molar-refractivity contribution in [1.82, 2.24) is 9.62 Å². The third-order valence-corrected chi connectivity index (χ3v) is 7.58. The Bertz CT molecular complexity index is 1050. The lowest BCUT2D eigenvalue weighted by molar-refractivity contribution is 0.0935. The summed E-state index contributed by atoms with van der Waals surface area (Å²) in [6, 6.07) is 9.45. The lowest BCUT2D eigenvalue weighted by Gasteiger charge is -2.23. The number of carbonyl (C=O) groups excluding carboxylic acids is 1. The SMILES string of the molecule is CCC(NC(=O)c1cc(S(=O)(=O)N(CC)CC)ccc1Cl)c1ccc2c(c1)OCCO2. The monoisotopic (exact) mass is 466 g/mol. The molecule has 0 spiro atoms. The lowest BCUT2D eigenvalue weighted by Crippen LogP contribution is -2.31. The average Bonchev–Trinajstić information content (AvgIpc) is 2.77. The van der Waals surface area contributed by atoms with Gasteiger partial charge >= 0.3 is 0 Å². The summed E-state index contributed by atoms with van der Waals surface area (Å²) in [6.07, 6.45) is 0.625. The Morgan fingerprint density at radius 1 is 1.06 bits per heavy atom. The summed E-state index contributed by atoms with van der Waals surface area (Å²) in [7, 11) is -3.71. The molecule has 0 fully saturated rings. The van der Waals surface area contributed by atoms with Gasteiger partial charge in [0.25, 0.3) is 5.91 Å². The Balaban J connectivity index is 1.87. The van der Waals surface area contributed by atoms with Gasteiger partial charge < -0.3 is 14.8 Å². The van der Waals surface area contributed by atoms with Crippen molar-refractivity contribution in [2.45, 2.75) is 38.1 Å². The number of sulfonamides is 1. The van der Waals surface area contributed by atoms with Crippen molar-refractivity contribution in [3.63, 3.8) is 0 Å². The number of nitrogens with one attached hydrogen (secondary N) is 1. The van der Waals surface area contributed by atoms with Gasteiger partial charge in [-0.25, -0.2) is 8.42 Å². The highest BCUT2D eigenvalue weighted by Crippen LogP contribution is 2.33. The predicted octanol–water partition coefficient (Wildman–Crippen LogP) is 4.02. The third kappa shape index (κ3) is 4.97. The van der Waals surface area contributed by atoms with Crippen molar-refractivity contribution in [3.05, 3.63) is 52.5 Å². The number of rotatable bonds is 8. The van der Waals surface area contributed by atoms with E-state index in [0.717, 1.165) is 5.56 Å². The zero-order chi connectivity index (χ0) is 22.6. The second kappa shape index (κ2) is 9.89. The van der Waals surface area contributed by atoms with Gasteiger partial charge in [0, 0.05) is 13.1 Å². The van der Waals surface area contributed by atoms with E-state index in [1.54, 1.807) is 13.8 Å². The Labute approximate surface area is 188 Å². The minimum atomic E-state index is -3.71. The molecule has 2 aromatic carbocycles. The van der Waals surface area contributed by atoms with E-state index < -0.39 is 15.9 Å². The van der Waals surface area contributed by atoms with E-state index in [0.29, 0.717) is 44.2 Å². The Morgan fingerprint density at radius 2 is 1.74 bits per heavy atom. The van der Waals surface area contributed by atoms with Crippen molar-refractivity contribution >= 4 is 27.5 Å². The van der Waals surface area contributed by atoms with Gasteiger partial charge in [0.2, 0.25) is 10.0 Å². The van der Waals surface area contributed by atoms with Crippen molar-refractivity contribution in [3.8, 4) is 11.5 Å². The number of ether oxygens (including phenoxy) is 2. The van der Waals surface area contributed by atoms with Gasteiger partial charge in [0.15, 0.2) is 11.5 Å². The highest BCUT2D eigenvalue weighted by molar-refractivity contribution is 7.89. The normalized spacial score (nSPS) is 14.4. The molecule has 1 aliphatic heterocycles. The van der Waals surface area contributed by atoms with Crippen molar-refractivity contribution in [2.24, 2.45) is 0 Å². The van der Waals surface area contributed by atoms with E-state index in [-0.39, 0.29) is 21.5 Å². The van der Waals surface area contributed by atoms with Crippen LogP contribution in [0.25, 0.3) is 0 Å². The van der Waals surface area contributed by atoms with Crippen LogP contribution in [0.3, 0.4) is 0 Å². The zero-order valence-corrected chi connectivity index (χ0v) is 19.4. The van der Waals surface area contributed by atoms with Gasteiger partial charge in [-0.15, -0.1) is 0 Å². The number of carbonyl (C=O) groups is 1. The molecule has 2 aromatic rings. The maximum Gasteiger partial charge on any atom is 0.253 e. The topological polar surface area (TPSA) is 84.9 Å². The first-order valence-electron chi connectivity index (χ1n) is 10.3. The molecule has 1 heterocycles. The smallest absolute Gasteiger partial charge is 0.253 e. The third-order valence-electron chi connectivity index (χ3n) is 5.21. The summed E-state index contributed by atoms with van der Waals surface area (Å²) >= 11 is 6.25. The van der Waals surface area contributed by atoms with E-state index in [1.165, 1.54) is 22.5 Å². The molecule has 1 unspecified atom stereocenters. The Hall–Kier alpha value is -2.29. The maximum absolute atomic E-state index is 13.0. The van der Waals surface area contributed by atoms with E-state index in [9.17, 15) is 13.2 Å². The van der Waals surface area contributed by atoms with Gasteiger partial charge in [0.05, 0.1) is 21.5 Å². The van der Waals surface area contributed by atoms with Crippen LogP contribution in [0.2, 0.25) is 5.02 Å². The second-order valence-electron chi connectivity index (χ2n) is 7.07. The first-order valence-corrected chi connectivity index (χ1v) is 12.1. The highest BCUT2D eigenvalue weighted by atomic mass is 35.5. The number of amides is 1. The fraction of sp³-hybridized carbons (Fsp3) is 0.409. The van der Waals surface area contributed by atoms with Gasteiger partial charge in [-0.2, -0.15) is 4.31 Å². The van der Waals surface area contributed by atoms with Crippen LogP contribution in [-0.4, -0.2) is 44.9 Å². The number of benzene rings is 2. The van der Waals surface area contributed by atoms with Crippen LogP contribution >= 0.6 is 11.6 Å². The molecule has 3 rings (SSSR count). The van der Waals surface area contributed by atoms with Crippen LogP contribution < -0.4 is 14.8 Å². The van der Waals surface area contributed by atoms with E-state index >= 15 is 0 Å². The first kappa shape index (κ1) is 23.4.